The lowest BCUT2D eigenvalue weighted by Crippen LogP contribution is -2.25. The molecule has 0 unspecified atom stereocenters. The zero-order valence-electron chi connectivity index (χ0n) is 13.2. The fraction of sp³-hybridized carbons (Fsp3) is 0.294. The van der Waals surface area contributed by atoms with Crippen molar-refractivity contribution in [3.63, 3.8) is 0 Å². The van der Waals surface area contributed by atoms with E-state index in [0.29, 0.717) is 24.5 Å². The number of carbonyl (C=O) groups excluding carboxylic acids is 1. The summed E-state index contributed by atoms with van der Waals surface area (Å²) < 4.78 is 5.49. The fourth-order valence-electron chi connectivity index (χ4n) is 2.18. The number of hydrogen-bond donors (Lipinski definition) is 1. The monoisotopic (exact) mass is 299 g/mol. The van der Waals surface area contributed by atoms with Gasteiger partial charge in [0.2, 0.25) is 0 Å². The van der Waals surface area contributed by atoms with Crippen LogP contribution in [0.5, 0.6) is 5.75 Å². The molecule has 2 aromatic rings. The van der Waals surface area contributed by atoms with E-state index in [1.165, 1.54) is 0 Å². The minimum Gasteiger partial charge on any atom is -0.493 e. The molecule has 1 amide bonds. The molecule has 0 fully saturated rings. The number of ether oxygens (including phenoxy) is 1. The van der Waals surface area contributed by atoms with Crippen molar-refractivity contribution in [1.29, 1.82) is 0 Å². The Labute approximate surface area is 130 Å². The molecule has 0 saturated heterocycles. The Kier molecular flexibility index (Phi) is 5.36. The van der Waals surface area contributed by atoms with Crippen molar-refractivity contribution >= 4 is 11.7 Å². The van der Waals surface area contributed by atoms with Gasteiger partial charge in [-0.3, -0.25) is 4.79 Å². The van der Waals surface area contributed by atoms with Crippen LogP contribution in [0.3, 0.4) is 0 Å². The summed E-state index contributed by atoms with van der Waals surface area (Å²) in [6.07, 6.45) is 1.74. The van der Waals surface area contributed by atoms with Gasteiger partial charge in [0, 0.05) is 32.4 Å². The normalized spacial score (nSPS) is 10.1. The van der Waals surface area contributed by atoms with Gasteiger partial charge in [-0.25, -0.2) is 4.98 Å². The second-order valence-corrected chi connectivity index (χ2v) is 4.99. The summed E-state index contributed by atoms with van der Waals surface area (Å²) in [5.41, 5.74) is 1.51. The zero-order chi connectivity index (χ0) is 15.9. The molecule has 2 rings (SSSR count). The van der Waals surface area contributed by atoms with E-state index in [0.717, 1.165) is 11.4 Å². The van der Waals surface area contributed by atoms with E-state index in [9.17, 15) is 4.79 Å². The summed E-state index contributed by atoms with van der Waals surface area (Å²) in [6, 6.07) is 11.1. The maximum absolute atomic E-state index is 12.4. The van der Waals surface area contributed by atoms with Crippen molar-refractivity contribution < 1.29 is 9.53 Å². The van der Waals surface area contributed by atoms with Gasteiger partial charge in [-0.2, -0.15) is 0 Å². The van der Waals surface area contributed by atoms with Gasteiger partial charge in [0.25, 0.3) is 5.91 Å². The van der Waals surface area contributed by atoms with Crippen molar-refractivity contribution in [1.82, 2.24) is 10.3 Å². The molecular weight excluding hydrogens is 278 g/mol. The van der Waals surface area contributed by atoms with Crippen LogP contribution in [0.25, 0.3) is 0 Å². The lowest BCUT2D eigenvalue weighted by Gasteiger charge is -2.16. The average molecular weight is 299 g/mol. The number of anilines is 1. The summed E-state index contributed by atoms with van der Waals surface area (Å²) in [5, 5.41) is 2.92. The van der Waals surface area contributed by atoms with Gasteiger partial charge in [-0.15, -0.1) is 0 Å². The number of carbonyl (C=O) groups is 1. The summed E-state index contributed by atoms with van der Waals surface area (Å²) in [4.78, 5) is 18.6. The quantitative estimate of drug-likeness (QED) is 0.890. The Balaban J connectivity index is 2.11. The van der Waals surface area contributed by atoms with Gasteiger partial charge in [0.05, 0.1) is 12.2 Å². The molecule has 0 radical (unpaired) electrons. The van der Waals surface area contributed by atoms with Crippen molar-refractivity contribution in [2.45, 2.75) is 13.5 Å². The molecule has 1 aromatic heterocycles. The lowest BCUT2D eigenvalue weighted by molar-refractivity contribution is 0.0947. The van der Waals surface area contributed by atoms with E-state index in [4.69, 9.17) is 4.74 Å². The fourth-order valence-corrected chi connectivity index (χ4v) is 2.18. The Morgan fingerprint density at radius 1 is 1.23 bits per heavy atom. The van der Waals surface area contributed by atoms with E-state index in [1.807, 2.05) is 50.2 Å². The van der Waals surface area contributed by atoms with E-state index < -0.39 is 0 Å². The molecule has 1 aromatic carbocycles. The summed E-state index contributed by atoms with van der Waals surface area (Å²) in [5.74, 6) is 1.29. The maximum Gasteiger partial charge on any atom is 0.255 e. The van der Waals surface area contributed by atoms with Crippen molar-refractivity contribution in [2.24, 2.45) is 0 Å². The van der Waals surface area contributed by atoms with Crippen LogP contribution in [-0.2, 0) is 6.54 Å². The largest absolute Gasteiger partial charge is 0.493 e. The Morgan fingerprint density at radius 2 is 2.00 bits per heavy atom. The van der Waals surface area contributed by atoms with Gasteiger partial charge in [0.15, 0.2) is 0 Å². The summed E-state index contributed by atoms with van der Waals surface area (Å²) in [7, 11) is 3.86. The molecule has 0 aliphatic heterocycles. The standard InChI is InChI=1S/C17H21N3O2/c1-4-22-15-10-6-5-9-14(15)17(21)19-12-13-8-7-11-18-16(13)20(2)3/h5-11H,4,12H2,1-3H3,(H,19,21). The third-order valence-electron chi connectivity index (χ3n) is 3.16. The minimum atomic E-state index is -0.155. The van der Waals surface area contributed by atoms with Gasteiger partial charge in [-0.1, -0.05) is 18.2 Å². The Hall–Kier alpha value is -2.56. The molecular formula is C17H21N3O2. The molecule has 5 heteroatoms. The van der Waals surface area contributed by atoms with Crippen LogP contribution in [0, 0.1) is 0 Å². The van der Waals surface area contributed by atoms with Gasteiger partial charge < -0.3 is 15.0 Å². The molecule has 0 bridgehead atoms. The third kappa shape index (κ3) is 3.75. The van der Waals surface area contributed by atoms with E-state index in [-0.39, 0.29) is 5.91 Å². The highest BCUT2D eigenvalue weighted by Gasteiger charge is 2.13. The van der Waals surface area contributed by atoms with Crippen LogP contribution in [0.1, 0.15) is 22.8 Å². The van der Waals surface area contributed by atoms with Gasteiger partial charge in [-0.05, 0) is 25.1 Å². The van der Waals surface area contributed by atoms with E-state index in [1.54, 1.807) is 18.3 Å². The zero-order valence-corrected chi connectivity index (χ0v) is 13.2. The molecule has 0 spiro atoms. The van der Waals surface area contributed by atoms with E-state index in [2.05, 4.69) is 10.3 Å². The topological polar surface area (TPSA) is 54.5 Å². The van der Waals surface area contributed by atoms with Crippen LogP contribution in [0.15, 0.2) is 42.6 Å². The number of amides is 1. The molecule has 1 N–H and O–H groups in total. The number of hydrogen-bond acceptors (Lipinski definition) is 4. The molecule has 0 aliphatic carbocycles. The highest BCUT2D eigenvalue weighted by Crippen LogP contribution is 2.19. The maximum atomic E-state index is 12.4. The van der Waals surface area contributed by atoms with Gasteiger partial charge in [0.1, 0.15) is 11.6 Å². The first-order valence-corrected chi connectivity index (χ1v) is 7.24. The SMILES string of the molecule is CCOc1ccccc1C(=O)NCc1cccnc1N(C)C. The highest BCUT2D eigenvalue weighted by atomic mass is 16.5. The van der Waals surface area contributed by atoms with Crippen molar-refractivity contribution in [2.75, 3.05) is 25.6 Å². The highest BCUT2D eigenvalue weighted by molar-refractivity contribution is 5.96. The molecule has 0 aliphatic rings. The number of benzene rings is 1. The van der Waals surface area contributed by atoms with Crippen LogP contribution >= 0.6 is 0 Å². The Morgan fingerprint density at radius 3 is 2.73 bits per heavy atom. The number of nitrogens with zero attached hydrogens (tertiary/aromatic N) is 2. The number of nitrogens with one attached hydrogen (secondary N) is 1. The molecule has 116 valence electrons. The molecule has 0 saturated carbocycles. The molecule has 1 heterocycles. The Bertz CT molecular complexity index is 641. The molecule has 22 heavy (non-hydrogen) atoms. The van der Waals surface area contributed by atoms with Crippen LogP contribution in [0.4, 0.5) is 5.82 Å². The van der Waals surface area contributed by atoms with Crippen molar-refractivity contribution in [3.8, 4) is 5.75 Å². The predicted molar refractivity (Wildman–Crippen MR) is 87.3 cm³/mol. The first-order chi connectivity index (χ1) is 10.6. The number of aromatic nitrogens is 1. The summed E-state index contributed by atoms with van der Waals surface area (Å²) in [6.45, 7) is 2.84. The number of para-hydroxylation sites is 1. The smallest absolute Gasteiger partial charge is 0.255 e. The predicted octanol–water partition coefficient (Wildman–Crippen LogP) is 2.48. The second-order valence-electron chi connectivity index (χ2n) is 4.99. The van der Waals surface area contributed by atoms with Crippen molar-refractivity contribution in [3.05, 3.63) is 53.7 Å². The number of pyridine rings is 1. The van der Waals surface area contributed by atoms with E-state index >= 15 is 0 Å². The lowest BCUT2D eigenvalue weighted by atomic mass is 10.1. The third-order valence-corrected chi connectivity index (χ3v) is 3.16. The first kappa shape index (κ1) is 15.8. The number of rotatable bonds is 6. The van der Waals surface area contributed by atoms with Gasteiger partial charge >= 0.3 is 0 Å². The molecule has 5 nitrogen and oxygen atoms in total. The molecule has 0 atom stereocenters. The average Bonchev–Trinajstić information content (AvgIpc) is 2.53. The van der Waals surface area contributed by atoms with Crippen LogP contribution in [-0.4, -0.2) is 31.6 Å². The second kappa shape index (κ2) is 7.45. The minimum absolute atomic E-state index is 0.155. The van der Waals surface area contributed by atoms with Crippen LogP contribution < -0.4 is 15.0 Å². The summed E-state index contributed by atoms with van der Waals surface area (Å²) >= 11 is 0. The first-order valence-electron chi connectivity index (χ1n) is 7.24. The van der Waals surface area contributed by atoms with Crippen LogP contribution in [0.2, 0.25) is 0 Å².